The van der Waals surface area contributed by atoms with Crippen LogP contribution >= 0.6 is 0 Å². The minimum atomic E-state index is 1.33. The predicted molar refractivity (Wildman–Crippen MR) is 54.1 cm³/mol. The first-order chi connectivity index (χ1) is 5.25. The quantitative estimate of drug-likeness (QED) is 0.521. The van der Waals surface area contributed by atoms with Crippen LogP contribution in [-0.4, -0.2) is 7.85 Å². The topological polar surface area (TPSA) is 0 Å². The van der Waals surface area contributed by atoms with Crippen LogP contribution in [0, 0.1) is 6.92 Å². The van der Waals surface area contributed by atoms with Crippen LogP contribution in [0.25, 0.3) is 6.08 Å². The number of hydrogen-bond acceptors (Lipinski definition) is 0. The fourth-order valence-electron chi connectivity index (χ4n) is 1.13. The van der Waals surface area contributed by atoms with Gasteiger partial charge in [0.1, 0.15) is 7.85 Å². The number of allylic oxidation sites excluding steroid dienone is 1. The van der Waals surface area contributed by atoms with E-state index in [9.17, 15) is 0 Å². The van der Waals surface area contributed by atoms with Crippen LogP contribution in [0.1, 0.15) is 18.1 Å². The molecule has 0 saturated carbocycles. The highest BCUT2D eigenvalue weighted by Crippen LogP contribution is 2.05. The van der Waals surface area contributed by atoms with Gasteiger partial charge in [0.05, 0.1) is 0 Å². The molecule has 1 aromatic carbocycles. The Hall–Kier alpha value is -0.975. The van der Waals surface area contributed by atoms with Gasteiger partial charge in [-0.15, -0.1) is 0 Å². The van der Waals surface area contributed by atoms with Crippen molar-refractivity contribution >= 4 is 19.4 Å². The minimum absolute atomic E-state index is 1.33. The van der Waals surface area contributed by atoms with E-state index >= 15 is 0 Å². The molecular formula is C10H13B. The SMILES string of the molecule is Bc1cccc(/C=C\C)c1C. The maximum Gasteiger partial charge on any atom is 0.139 e. The summed E-state index contributed by atoms with van der Waals surface area (Å²) < 4.78 is 0. The summed E-state index contributed by atoms with van der Waals surface area (Å²) in [4.78, 5) is 0. The third-order valence-electron chi connectivity index (χ3n) is 1.99. The average Bonchev–Trinajstić information content (AvgIpc) is 1.99. The molecule has 11 heavy (non-hydrogen) atoms. The van der Waals surface area contributed by atoms with E-state index in [0.717, 1.165) is 0 Å². The lowest BCUT2D eigenvalue weighted by Gasteiger charge is -2.02. The average molecular weight is 144 g/mol. The van der Waals surface area contributed by atoms with E-state index in [4.69, 9.17) is 0 Å². The molecule has 0 aliphatic rings. The third-order valence-corrected chi connectivity index (χ3v) is 1.99. The zero-order valence-corrected chi connectivity index (χ0v) is 7.39. The van der Waals surface area contributed by atoms with Gasteiger partial charge in [0, 0.05) is 0 Å². The van der Waals surface area contributed by atoms with Crippen LogP contribution < -0.4 is 5.46 Å². The van der Waals surface area contributed by atoms with Gasteiger partial charge in [0.25, 0.3) is 0 Å². The van der Waals surface area contributed by atoms with E-state index < -0.39 is 0 Å². The van der Waals surface area contributed by atoms with Crippen molar-refractivity contribution in [1.82, 2.24) is 0 Å². The highest BCUT2D eigenvalue weighted by atomic mass is 14.0. The molecule has 0 fully saturated rings. The van der Waals surface area contributed by atoms with Gasteiger partial charge in [0.15, 0.2) is 0 Å². The van der Waals surface area contributed by atoms with Crippen LogP contribution in [0.3, 0.4) is 0 Å². The van der Waals surface area contributed by atoms with Gasteiger partial charge < -0.3 is 0 Å². The van der Waals surface area contributed by atoms with Crippen molar-refractivity contribution < 1.29 is 0 Å². The molecule has 1 rings (SSSR count). The molecule has 0 aliphatic carbocycles. The van der Waals surface area contributed by atoms with Crippen LogP contribution in [0.15, 0.2) is 24.3 Å². The summed E-state index contributed by atoms with van der Waals surface area (Å²) >= 11 is 0. The normalized spacial score (nSPS) is 10.7. The second-order valence-corrected chi connectivity index (χ2v) is 2.79. The second-order valence-electron chi connectivity index (χ2n) is 2.79. The smallest absolute Gasteiger partial charge is 0.0871 e. The second kappa shape index (κ2) is 3.43. The van der Waals surface area contributed by atoms with E-state index in [-0.39, 0.29) is 0 Å². The lowest BCUT2D eigenvalue weighted by molar-refractivity contribution is 1.48. The van der Waals surface area contributed by atoms with Gasteiger partial charge in [-0.3, -0.25) is 0 Å². The molecule has 1 heteroatoms. The van der Waals surface area contributed by atoms with Crippen molar-refractivity contribution in [1.29, 1.82) is 0 Å². The summed E-state index contributed by atoms with van der Waals surface area (Å²) in [6, 6.07) is 6.38. The third kappa shape index (κ3) is 1.73. The molecule has 0 amide bonds. The summed E-state index contributed by atoms with van der Waals surface area (Å²) in [6.45, 7) is 4.20. The lowest BCUT2D eigenvalue weighted by Crippen LogP contribution is -2.07. The Kier molecular flexibility index (Phi) is 2.53. The molecule has 0 atom stereocenters. The Bertz CT molecular complexity index is 274. The molecular weight excluding hydrogens is 131 g/mol. The monoisotopic (exact) mass is 144 g/mol. The molecule has 0 nitrogen and oxygen atoms in total. The molecule has 0 bridgehead atoms. The Morgan fingerprint density at radius 2 is 2.09 bits per heavy atom. The molecule has 0 aliphatic heterocycles. The van der Waals surface area contributed by atoms with Crippen molar-refractivity contribution in [2.45, 2.75) is 13.8 Å². The largest absolute Gasteiger partial charge is 0.139 e. The molecule has 0 aromatic heterocycles. The molecule has 0 heterocycles. The van der Waals surface area contributed by atoms with Gasteiger partial charge in [-0.05, 0) is 19.4 Å². The minimum Gasteiger partial charge on any atom is -0.0871 e. The van der Waals surface area contributed by atoms with E-state index in [1.54, 1.807) is 0 Å². The number of hydrogen-bond donors (Lipinski definition) is 0. The summed E-state index contributed by atoms with van der Waals surface area (Å²) in [5.74, 6) is 0. The first-order valence-electron chi connectivity index (χ1n) is 3.94. The molecule has 1 aromatic rings. The Balaban J connectivity index is 3.16. The summed E-state index contributed by atoms with van der Waals surface area (Å²) in [7, 11) is 2.14. The van der Waals surface area contributed by atoms with Crippen LogP contribution in [-0.2, 0) is 0 Å². The standard InChI is InChI=1S/C10H13B/c1-3-5-9-6-4-7-10(11)8(9)2/h3-7H,11H2,1-2H3/b5-3-. The predicted octanol–water partition coefficient (Wildman–Crippen LogP) is 1.29. The molecule has 0 saturated heterocycles. The molecule has 0 N–H and O–H groups in total. The molecule has 0 unspecified atom stereocenters. The summed E-state index contributed by atoms with van der Waals surface area (Å²) in [5.41, 5.74) is 4.07. The van der Waals surface area contributed by atoms with E-state index in [0.29, 0.717) is 0 Å². The highest BCUT2D eigenvalue weighted by molar-refractivity contribution is 6.33. The summed E-state index contributed by atoms with van der Waals surface area (Å²) in [5, 5.41) is 0. The van der Waals surface area contributed by atoms with Crippen LogP contribution in [0.4, 0.5) is 0 Å². The van der Waals surface area contributed by atoms with Gasteiger partial charge in [0.2, 0.25) is 0 Å². The van der Waals surface area contributed by atoms with Crippen molar-refractivity contribution in [3.8, 4) is 0 Å². The number of benzene rings is 1. The van der Waals surface area contributed by atoms with E-state index in [1.807, 2.05) is 6.92 Å². The summed E-state index contributed by atoms with van der Waals surface area (Å²) in [6.07, 6.45) is 4.21. The van der Waals surface area contributed by atoms with Gasteiger partial charge >= 0.3 is 0 Å². The van der Waals surface area contributed by atoms with E-state index in [2.05, 4.69) is 45.1 Å². The number of rotatable bonds is 1. The van der Waals surface area contributed by atoms with E-state index in [1.165, 1.54) is 16.6 Å². The fourth-order valence-corrected chi connectivity index (χ4v) is 1.13. The van der Waals surface area contributed by atoms with Gasteiger partial charge in [-0.25, -0.2) is 0 Å². The van der Waals surface area contributed by atoms with Crippen molar-refractivity contribution in [2.24, 2.45) is 0 Å². The molecule has 0 spiro atoms. The zero-order valence-electron chi connectivity index (χ0n) is 7.39. The maximum atomic E-state index is 2.16. The maximum absolute atomic E-state index is 2.16. The Morgan fingerprint density at radius 1 is 1.36 bits per heavy atom. The van der Waals surface area contributed by atoms with Gasteiger partial charge in [-0.1, -0.05) is 41.4 Å². The zero-order chi connectivity index (χ0) is 8.27. The van der Waals surface area contributed by atoms with Crippen LogP contribution in [0.2, 0.25) is 0 Å². The van der Waals surface area contributed by atoms with Crippen molar-refractivity contribution in [3.63, 3.8) is 0 Å². The van der Waals surface area contributed by atoms with Crippen molar-refractivity contribution in [3.05, 3.63) is 35.4 Å². The first kappa shape index (κ1) is 8.12. The lowest BCUT2D eigenvalue weighted by atomic mass is 9.88. The first-order valence-corrected chi connectivity index (χ1v) is 3.94. The highest BCUT2D eigenvalue weighted by Gasteiger charge is 1.94. The Labute approximate surface area is 69.4 Å². The van der Waals surface area contributed by atoms with Gasteiger partial charge in [-0.2, -0.15) is 0 Å². The molecule has 56 valence electrons. The fraction of sp³-hybridized carbons (Fsp3) is 0.200. The Morgan fingerprint density at radius 3 is 2.73 bits per heavy atom. The van der Waals surface area contributed by atoms with Crippen molar-refractivity contribution in [2.75, 3.05) is 0 Å². The van der Waals surface area contributed by atoms with Crippen LogP contribution in [0.5, 0.6) is 0 Å². The molecule has 0 radical (unpaired) electrons.